The van der Waals surface area contributed by atoms with Crippen LogP contribution in [0.1, 0.15) is 30.7 Å². The van der Waals surface area contributed by atoms with Crippen molar-refractivity contribution >= 4 is 12.1 Å². The van der Waals surface area contributed by atoms with Crippen LogP contribution < -0.4 is 10.1 Å². The van der Waals surface area contributed by atoms with Gasteiger partial charge in [0.25, 0.3) is 0 Å². The minimum absolute atomic E-state index is 0.268. The van der Waals surface area contributed by atoms with Crippen molar-refractivity contribution in [2.45, 2.75) is 44.9 Å². The molecule has 2 aromatic carbocycles. The first-order chi connectivity index (χ1) is 18.0. The Morgan fingerprint density at radius 2 is 1.84 bits per heavy atom. The molecule has 1 fully saturated rings. The largest absolute Gasteiger partial charge is 0.490 e. The average Bonchev–Trinajstić information content (AvgIpc) is 3.15. The van der Waals surface area contributed by atoms with Gasteiger partial charge in [0.2, 0.25) is 0 Å². The summed E-state index contributed by atoms with van der Waals surface area (Å²) in [6, 6.07) is 14.7. The van der Waals surface area contributed by atoms with Crippen molar-refractivity contribution in [3.05, 3.63) is 78.1 Å². The summed E-state index contributed by atoms with van der Waals surface area (Å²) in [4.78, 5) is 27.2. The second-order valence-electron chi connectivity index (χ2n) is 8.61. The van der Waals surface area contributed by atoms with E-state index in [2.05, 4.69) is 10.3 Å². The molecule has 1 amide bonds. The normalized spacial score (nSPS) is 15.7. The Bertz CT molecular complexity index is 1220. The number of carboxylic acids is 1. The molecule has 4 rings (SSSR count). The zero-order chi connectivity index (χ0) is 27.7. The van der Waals surface area contributed by atoms with Gasteiger partial charge in [0.05, 0.1) is 5.69 Å². The molecular formula is C26H28F4N4O4. The van der Waals surface area contributed by atoms with Crippen LogP contribution in [-0.2, 0) is 11.3 Å². The van der Waals surface area contributed by atoms with Crippen LogP contribution in [0.5, 0.6) is 5.75 Å². The molecule has 8 nitrogen and oxygen atoms in total. The lowest BCUT2D eigenvalue weighted by molar-refractivity contribution is -0.192. The number of alkyl halides is 3. The fourth-order valence-corrected chi connectivity index (χ4v) is 3.89. The smallest absolute Gasteiger partial charge is 0.475 e. The number of rotatable bonds is 5. The molecule has 2 N–H and O–H groups in total. The molecule has 38 heavy (non-hydrogen) atoms. The number of aromatic nitrogens is 2. The number of carbonyl (C=O) groups excluding carboxylic acids is 1. The van der Waals surface area contributed by atoms with E-state index in [0.717, 1.165) is 30.7 Å². The molecule has 0 saturated carbocycles. The van der Waals surface area contributed by atoms with Crippen LogP contribution in [0, 0.1) is 12.7 Å². The zero-order valence-electron chi connectivity index (χ0n) is 20.6. The van der Waals surface area contributed by atoms with Gasteiger partial charge in [-0.3, -0.25) is 0 Å². The second kappa shape index (κ2) is 13.0. The van der Waals surface area contributed by atoms with Gasteiger partial charge < -0.3 is 24.6 Å². The number of nitrogens with zero attached hydrogens (tertiary/aromatic N) is 3. The lowest BCUT2D eigenvalue weighted by atomic mass is 10.1. The van der Waals surface area contributed by atoms with E-state index in [0.29, 0.717) is 31.1 Å². The van der Waals surface area contributed by atoms with Crippen LogP contribution in [0.15, 0.2) is 60.9 Å². The number of para-hydroxylation sites is 1. The number of carbonyl (C=O) groups is 2. The van der Waals surface area contributed by atoms with E-state index in [-0.39, 0.29) is 18.0 Å². The van der Waals surface area contributed by atoms with Crippen molar-refractivity contribution in [1.82, 2.24) is 19.8 Å². The van der Waals surface area contributed by atoms with Gasteiger partial charge in [-0.25, -0.2) is 19.0 Å². The summed E-state index contributed by atoms with van der Waals surface area (Å²) in [6.07, 6.45) is 0.720. The molecule has 0 aliphatic carbocycles. The lowest BCUT2D eigenvalue weighted by Crippen LogP contribution is -2.35. The van der Waals surface area contributed by atoms with Gasteiger partial charge in [-0.2, -0.15) is 13.2 Å². The number of aryl methyl sites for hydroxylation is 1. The Morgan fingerprint density at radius 3 is 2.45 bits per heavy atom. The van der Waals surface area contributed by atoms with Crippen molar-refractivity contribution in [1.29, 1.82) is 0 Å². The number of imidazole rings is 1. The zero-order valence-corrected chi connectivity index (χ0v) is 20.6. The van der Waals surface area contributed by atoms with Gasteiger partial charge in [0.15, 0.2) is 0 Å². The quantitative estimate of drug-likeness (QED) is 0.441. The Balaban J connectivity index is 0.000000505. The standard InChI is InChI=1S/C24H27FN4O2.C2HF3O2/c1-18-26-12-15-29(18)23-10-9-19(16-22(23)25)17-27-20-6-5-13-28(14-11-20)24(30)31-21-7-3-2-4-8-21;3-2(4,5)1(6)7/h2-4,7-10,12,15-16,20,27H,5-6,11,13-14,17H2,1H3;(H,6,7). The van der Waals surface area contributed by atoms with Crippen LogP contribution in [0.4, 0.5) is 22.4 Å². The maximum absolute atomic E-state index is 14.6. The van der Waals surface area contributed by atoms with Crippen LogP contribution in [-0.4, -0.2) is 56.9 Å². The van der Waals surface area contributed by atoms with Crippen molar-refractivity contribution in [2.24, 2.45) is 0 Å². The maximum atomic E-state index is 14.6. The molecule has 0 bridgehead atoms. The van der Waals surface area contributed by atoms with E-state index in [9.17, 15) is 22.4 Å². The molecule has 0 radical (unpaired) electrons. The van der Waals surface area contributed by atoms with Gasteiger partial charge in [0.1, 0.15) is 17.4 Å². The first-order valence-electron chi connectivity index (χ1n) is 11.9. The van der Waals surface area contributed by atoms with Crippen molar-refractivity contribution in [3.8, 4) is 11.4 Å². The lowest BCUT2D eigenvalue weighted by Gasteiger charge is -2.20. The van der Waals surface area contributed by atoms with Crippen LogP contribution in [0.3, 0.4) is 0 Å². The molecule has 204 valence electrons. The Kier molecular flexibility index (Phi) is 9.83. The number of ether oxygens (including phenoxy) is 1. The number of hydrogen-bond donors (Lipinski definition) is 2. The van der Waals surface area contributed by atoms with E-state index >= 15 is 0 Å². The number of nitrogens with one attached hydrogen (secondary N) is 1. The van der Waals surface area contributed by atoms with Gasteiger partial charge >= 0.3 is 18.2 Å². The topological polar surface area (TPSA) is 96.7 Å². The monoisotopic (exact) mass is 536 g/mol. The number of benzene rings is 2. The molecule has 1 aliphatic rings. The van der Waals surface area contributed by atoms with E-state index in [1.54, 1.807) is 46.1 Å². The van der Waals surface area contributed by atoms with Crippen LogP contribution in [0.2, 0.25) is 0 Å². The SMILES string of the molecule is Cc1nccn1-c1ccc(CNC2CCCN(C(=O)Oc3ccccc3)CC2)cc1F.O=C(O)C(F)(F)F. The third-order valence-electron chi connectivity index (χ3n) is 5.87. The average molecular weight is 537 g/mol. The summed E-state index contributed by atoms with van der Waals surface area (Å²) >= 11 is 0. The molecule has 1 saturated heterocycles. The van der Waals surface area contributed by atoms with Crippen LogP contribution in [0.25, 0.3) is 5.69 Å². The summed E-state index contributed by atoms with van der Waals surface area (Å²) in [7, 11) is 0. The summed E-state index contributed by atoms with van der Waals surface area (Å²) in [5.74, 6) is -1.72. The molecule has 1 aromatic heterocycles. The minimum Gasteiger partial charge on any atom is -0.475 e. The highest BCUT2D eigenvalue weighted by Gasteiger charge is 2.38. The van der Waals surface area contributed by atoms with Crippen molar-refractivity contribution in [2.75, 3.05) is 13.1 Å². The molecule has 1 unspecified atom stereocenters. The molecule has 0 spiro atoms. The second-order valence-corrected chi connectivity index (χ2v) is 8.61. The number of hydrogen-bond acceptors (Lipinski definition) is 5. The number of likely N-dealkylation sites (tertiary alicyclic amines) is 1. The highest BCUT2D eigenvalue weighted by Crippen LogP contribution is 2.19. The summed E-state index contributed by atoms with van der Waals surface area (Å²) in [5, 5.41) is 10.6. The summed E-state index contributed by atoms with van der Waals surface area (Å²) in [5.41, 5.74) is 1.39. The predicted molar refractivity (Wildman–Crippen MR) is 130 cm³/mol. The minimum atomic E-state index is -5.08. The van der Waals surface area contributed by atoms with Gasteiger partial charge in [-0.15, -0.1) is 0 Å². The van der Waals surface area contributed by atoms with Gasteiger partial charge in [-0.05, 0) is 56.0 Å². The summed E-state index contributed by atoms with van der Waals surface area (Å²) < 4.78 is 53.5. The van der Waals surface area contributed by atoms with E-state index < -0.39 is 12.1 Å². The third kappa shape index (κ3) is 8.30. The molecule has 12 heteroatoms. The summed E-state index contributed by atoms with van der Waals surface area (Å²) in [6.45, 7) is 3.74. The Hall–Kier alpha value is -3.93. The highest BCUT2D eigenvalue weighted by atomic mass is 19.4. The van der Waals surface area contributed by atoms with Crippen LogP contribution >= 0.6 is 0 Å². The molecular weight excluding hydrogens is 508 g/mol. The fourth-order valence-electron chi connectivity index (χ4n) is 3.89. The highest BCUT2D eigenvalue weighted by molar-refractivity contribution is 5.73. The van der Waals surface area contributed by atoms with Crippen molar-refractivity contribution < 1.29 is 37.0 Å². The van der Waals surface area contributed by atoms with E-state index in [1.807, 2.05) is 31.2 Å². The maximum Gasteiger partial charge on any atom is 0.490 e. The molecule has 1 aliphatic heterocycles. The predicted octanol–water partition coefficient (Wildman–Crippen LogP) is 5.10. The van der Waals surface area contributed by atoms with Crippen molar-refractivity contribution in [3.63, 3.8) is 0 Å². The third-order valence-corrected chi connectivity index (χ3v) is 5.87. The number of halogens is 4. The number of aliphatic carboxylic acids is 1. The molecule has 2 heterocycles. The Labute approximate surface area is 216 Å². The first kappa shape index (κ1) is 28.6. The van der Waals surface area contributed by atoms with Gasteiger partial charge in [-0.1, -0.05) is 24.3 Å². The number of amides is 1. The van der Waals surface area contributed by atoms with Gasteiger partial charge in [0, 0.05) is 38.1 Å². The molecule has 3 aromatic rings. The van der Waals surface area contributed by atoms with E-state index in [4.69, 9.17) is 14.6 Å². The fraction of sp³-hybridized carbons (Fsp3) is 0.346. The Morgan fingerprint density at radius 1 is 1.13 bits per heavy atom. The van der Waals surface area contributed by atoms with E-state index in [1.165, 1.54) is 0 Å². The number of carboxylic acid groups (broad SMARTS) is 1. The first-order valence-corrected chi connectivity index (χ1v) is 11.9. The molecule has 1 atom stereocenters.